The van der Waals surface area contributed by atoms with E-state index in [1.54, 1.807) is 6.20 Å². The van der Waals surface area contributed by atoms with Crippen LogP contribution in [0.3, 0.4) is 0 Å². The van der Waals surface area contributed by atoms with Crippen molar-refractivity contribution in [2.45, 2.75) is 6.80 Å². The Morgan fingerprint density at radius 1 is 1.89 bits per heavy atom. The van der Waals surface area contributed by atoms with Crippen LogP contribution in [0.25, 0.3) is 0 Å². The second-order valence-electron chi connectivity index (χ2n) is 1.43. The molecule has 0 radical (unpaired) electrons. The summed E-state index contributed by atoms with van der Waals surface area (Å²) >= 11 is 7.49. The van der Waals surface area contributed by atoms with Crippen LogP contribution in [0.15, 0.2) is 6.20 Å². The lowest BCUT2D eigenvalue weighted by molar-refractivity contribution is 0.350. The van der Waals surface area contributed by atoms with Crippen molar-refractivity contribution in [3.63, 3.8) is 0 Å². The van der Waals surface area contributed by atoms with E-state index in [1.165, 1.54) is 0 Å². The first kappa shape index (κ1) is 7.27. The molecule has 0 N–H and O–H groups in total. The van der Waals surface area contributed by atoms with Gasteiger partial charge in [0.2, 0.25) is 0 Å². The van der Waals surface area contributed by atoms with Crippen LogP contribution in [-0.2, 0) is 6.80 Å². The smallest absolute Gasteiger partial charge is 0.181 e. The molecule has 0 aliphatic carbocycles. The summed E-state index contributed by atoms with van der Waals surface area (Å²) in [6.45, 7) is -0.622. The van der Waals surface area contributed by atoms with E-state index in [0.29, 0.717) is 5.15 Å². The van der Waals surface area contributed by atoms with Gasteiger partial charge in [0.25, 0.3) is 0 Å². The van der Waals surface area contributed by atoms with Gasteiger partial charge in [0.1, 0.15) is 0 Å². The zero-order chi connectivity index (χ0) is 6.85. The SMILES string of the molecule is FCn1cc(I)c(Cl)n1. The standard InChI is InChI=1S/C4H3ClFIN2/c5-4-3(7)1-9(2-6)8-4/h1H,2H2. The summed E-state index contributed by atoms with van der Waals surface area (Å²) < 4.78 is 13.7. The molecular weight excluding hydrogens is 257 g/mol. The molecule has 1 rings (SSSR count). The Kier molecular flexibility index (Phi) is 2.29. The highest BCUT2D eigenvalue weighted by Crippen LogP contribution is 2.14. The third-order valence-corrected chi connectivity index (χ3v) is 2.19. The fourth-order valence-corrected chi connectivity index (χ4v) is 1.01. The summed E-state index contributed by atoms with van der Waals surface area (Å²) in [6, 6.07) is 0. The second-order valence-corrected chi connectivity index (χ2v) is 2.95. The average Bonchev–Trinajstić information content (AvgIpc) is 2.13. The van der Waals surface area contributed by atoms with Crippen LogP contribution in [0, 0.1) is 3.57 Å². The van der Waals surface area contributed by atoms with Crippen LogP contribution >= 0.6 is 34.2 Å². The molecule has 0 unspecified atom stereocenters. The van der Waals surface area contributed by atoms with Crippen molar-refractivity contribution in [3.8, 4) is 0 Å². The van der Waals surface area contributed by atoms with Crippen molar-refractivity contribution >= 4 is 34.2 Å². The average molecular weight is 260 g/mol. The van der Waals surface area contributed by atoms with E-state index >= 15 is 0 Å². The molecule has 0 spiro atoms. The molecule has 0 fully saturated rings. The van der Waals surface area contributed by atoms with Crippen LogP contribution in [0.2, 0.25) is 5.15 Å². The Morgan fingerprint density at radius 3 is 2.78 bits per heavy atom. The molecule has 9 heavy (non-hydrogen) atoms. The second kappa shape index (κ2) is 2.83. The Bertz CT molecular complexity index is 193. The Labute approximate surface area is 70.1 Å². The molecule has 0 atom stereocenters. The van der Waals surface area contributed by atoms with Gasteiger partial charge < -0.3 is 0 Å². The number of aromatic nitrogens is 2. The van der Waals surface area contributed by atoms with Crippen molar-refractivity contribution < 1.29 is 4.39 Å². The minimum absolute atomic E-state index is 0.355. The van der Waals surface area contributed by atoms with Crippen molar-refractivity contribution in [2.75, 3.05) is 0 Å². The fraction of sp³-hybridized carbons (Fsp3) is 0.250. The van der Waals surface area contributed by atoms with E-state index in [1.807, 2.05) is 22.6 Å². The molecule has 0 aromatic carbocycles. The van der Waals surface area contributed by atoms with Crippen LogP contribution in [0.4, 0.5) is 4.39 Å². The minimum atomic E-state index is -0.622. The van der Waals surface area contributed by atoms with Gasteiger partial charge in [-0.3, -0.25) is 0 Å². The summed E-state index contributed by atoms with van der Waals surface area (Å²) in [5, 5.41) is 3.98. The van der Waals surface area contributed by atoms with E-state index in [-0.39, 0.29) is 0 Å². The largest absolute Gasteiger partial charge is 0.239 e. The normalized spacial score (nSPS) is 10.1. The van der Waals surface area contributed by atoms with Gasteiger partial charge >= 0.3 is 0 Å². The number of halogens is 3. The molecule has 0 saturated heterocycles. The van der Waals surface area contributed by atoms with E-state index in [4.69, 9.17) is 11.6 Å². The maximum Gasteiger partial charge on any atom is 0.181 e. The zero-order valence-corrected chi connectivity index (χ0v) is 7.23. The Hall–Kier alpha value is 0.160. The third kappa shape index (κ3) is 1.54. The number of rotatable bonds is 1. The first-order valence-corrected chi connectivity index (χ1v) is 3.64. The lowest BCUT2D eigenvalue weighted by Crippen LogP contribution is -1.91. The quantitative estimate of drug-likeness (QED) is 0.707. The van der Waals surface area contributed by atoms with E-state index in [2.05, 4.69) is 5.10 Å². The van der Waals surface area contributed by atoms with Crippen molar-refractivity contribution in [1.82, 2.24) is 9.78 Å². The van der Waals surface area contributed by atoms with Gasteiger partial charge in [0.15, 0.2) is 12.0 Å². The highest BCUT2D eigenvalue weighted by atomic mass is 127. The van der Waals surface area contributed by atoms with Crippen molar-refractivity contribution in [1.29, 1.82) is 0 Å². The molecule has 1 aromatic rings. The van der Waals surface area contributed by atoms with Crippen LogP contribution in [0.5, 0.6) is 0 Å². The molecule has 0 aliphatic rings. The summed E-state index contributed by atoms with van der Waals surface area (Å²) in [4.78, 5) is 0. The molecule has 0 saturated carbocycles. The molecule has 0 aliphatic heterocycles. The van der Waals surface area contributed by atoms with Gasteiger partial charge in [-0.25, -0.2) is 9.07 Å². The Morgan fingerprint density at radius 2 is 2.56 bits per heavy atom. The van der Waals surface area contributed by atoms with E-state index in [9.17, 15) is 4.39 Å². The highest BCUT2D eigenvalue weighted by Gasteiger charge is 2.00. The molecule has 50 valence electrons. The van der Waals surface area contributed by atoms with Crippen LogP contribution < -0.4 is 0 Å². The molecule has 1 aromatic heterocycles. The van der Waals surface area contributed by atoms with E-state index < -0.39 is 6.80 Å². The first-order valence-electron chi connectivity index (χ1n) is 2.18. The highest BCUT2D eigenvalue weighted by molar-refractivity contribution is 14.1. The van der Waals surface area contributed by atoms with Gasteiger partial charge in [-0.2, -0.15) is 5.10 Å². The predicted molar refractivity (Wildman–Crippen MR) is 41.1 cm³/mol. The van der Waals surface area contributed by atoms with Gasteiger partial charge in [-0.15, -0.1) is 0 Å². The summed E-state index contributed by atoms with van der Waals surface area (Å²) in [5.74, 6) is 0. The number of alkyl halides is 1. The first-order chi connectivity index (χ1) is 4.24. The zero-order valence-electron chi connectivity index (χ0n) is 4.31. The summed E-state index contributed by atoms with van der Waals surface area (Å²) in [5.41, 5.74) is 0. The summed E-state index contributed by atoms with van der Waals surface area (Å²) in [7, 11) is 0. The van der Waals surface area contributed by atoms with Gasteiger partial charge in [0, 0.05) is 6.20 Å². The number of nitrogens with zero attached hydrogens (tertiary/aromatic N) is 2. The maximum absolute atomic E-state index is 11.8. The van der Waals surface area contributed by atoms with E-state index in [0.717, 1.165) is 8.25 Å². The minimum Gasteiger partial charge on any atom is -0.239 e. The number of hydrogen-bond donors (Lipinski definition) is 0. The molecule has 1 heterocycles. The van der Waals surface area contributed by atoms with Crippen LogP contribution in [0.1, 0.15) is 0 Å². The Balaban J connectivity index is 2.98. The summed E-state index contributed by atoms with van der Waals surface area (Å²) in [6.07, 6.45) is 1.54. The third-order valence-electron chi connectivity index (χ3n) is 0.798. The van der Waals surface area contributed by atoms with Crippen molar-refractivity contribution in [3.05, 3.63) is 14.9 Å². The lowest BCUT2D eigenvalue weighted by Gasteiger charge is -1.85. The van der Waals surface area contributed by atoms with Gasteiger partial charge in [-0.05, 0) is 22.6 Å². The fourth-order valence-electron chi connectivity index (χ4n) is 0.435. The topological polar surface area (TPSA) is 17.8 Å². The molecule has 0 bridgehead atoms. The van der Waals surface area contributed by atoms with Crippen molar-refractivity contribution in [2.24, 2.45) is 0 Å². The monoisotopic (exact) mass is 260 g/mol. The van der Waals surface area contributed by atoms with Gasteiger partial charge in [-0.1, -0.05) is 11.6 Å². The molecule has 2 nitrogen and oxygen atoms in total. The van der Waals surface area contributed by atoms with Gasteiger partial charge in [0.05, 0.1) is 3.57 Å². The predicted octanol–water partition coefficient (Wildman–Crippen LogP) is 2.07. The lowest BCUT2D eigenvalue weighted by atomic mass is 10.7. The molecule has 5 heteroatoms. The number of hydrogen-bond acceptors (Lipinski definition) is 1. The maximum atomic E-state index is 11.8. The van der Waals surface area contributed by atoms with Crippen LogP contribution in [-0.4, -0.2) is 9.78 Å². The molecular formula is C4H3ClFIN2. The molecule has 0 amide bonds.